The maximum Gasteiger partial charge on any atom is 0.337 e. The second-order valence-electron chi connectivity index (χ2n) is 6.95. The van der Waals surface area contributed by atoms with Gasteiger partial charge >= 0.3 is 5.97 Å². The zero-order valence-electron chi connectivity index (χ0n) is 15.0. The molecule has 0 atom stereocenters. The molecule has 4 rings (SSSR count). The van der Waals surface area contributed by atoms with Crippen LogP contribution in [0.1, 0.15) is 40.2 Å². The number of aromatic carboxylic acids is 1. The Labute approximate surface area is 158 Å². The van der Waals surface area contributed by atoms with E-state index in [-0.39, 0.29) is 5.56 Å². The normalized spacial score (nSPS) is 15.7. The summed E-state index contributed by atoms with van der Waals surface area (Å²) in [6.07, 6.45) is 9.76. The largest absolute Gasteiger partial charge is 0.478 e. The van der Waals surface area contributed by atoms with Crippen molar-refractivity contribution < 1.29 is 9.90 Å². The van der Waals surface area contributed by atoms with E-state index in [1.165, 1.54) is 5.56 Å². The lowest BCUT2D eigenvalue weighted by Gasteiger charge is -2.31. The van der Waals surface area contributed by atoms with Gasteiger partial charge in [0.1, 0.15) is 0 Å². The second kappa shape index (κ2) is 7.72. The number of hydrogen-bond acceptors (Lipinski definition) is 4. The molecule has 0 radical (unpaired) electrons. The van der Waals surface area contributed by atoms with Crippen LogP contribution in [0.3, 0.4) is 0 Å². The standard InChI is InChI=1S/C21H22N4O2/c26-21(27)19-3-1-2-4-20(19)25-15-16(13-23-25)14-24-11-7-18(8-12-24)17-5-9-22-10-6-17/h1-6,9-10,13,15,18H,7-8,11-12,14H2,(H,26,27). The third kappa shape index (κ3) is 3.90. The molecule has 6 heteroatoms. The van der Waals surface area contributed by atoms with Crippen LogP contribution in [0.5, 0.6) is 0 Å². The van der Waals surface area contributed by atoms with Crippen LogP contribution < -0.4 is 0 Å². The number of piperidine rings is 1. The van der Waals surface area contributed by atoms with Gasteiger partial charge in [-0.05, 0) is 61.7 Å². The van der Waals surface area contributed by atoms with Crippen molar-refractivity contribution in [2.75, 3.05) is 13.1 Å². The Morgan fingerprint density at radius 2 is 1.85 bits per heavy atom. The Morgan fingerprint density at radius 1 is 1.11 bits per heavy atom. The first kappa shape index (κ1) is 17.4. The van der Waals surface area contributed by atoms with E-state index < -0.39 is 5.97 Å². The minimum Gasteiger partial charge on any atom is -0.478 e. The smallest absolute Gasteiger partial charge is 0.337 e. The summed E-state index contributed by atoms with van der Waals surface area (Å²) < 4.78 is 1.66. The van der Waals surface area contributed by atoms with Gasteiger partial charge in [-0.15, -0.1) is 0 Å². The van der Waals surface area contributed by atoms with Crippen LogP contribution in [0.4, 0.5) is 0 Å². The summed E-state index contributed by atoms with van der Waals surface area (Å²) in [7, 11) is 0. The quantitative estimate of drug-likeness (QED) is 0.754. The Bertz CT molecular complexity index is 915. The van der Waals surface area contributed by atoms with Crippen molar-refractivity contribution in [1.29, 1.82) is 0 Å². The third-order valence-corrected chi connectivity index (χ3v) is 5.19. The number of carboxylic acid groups (broad SMARTS) is 1. The Kier molecular flexibility index (Phi) is 4.98. The van der Waals surface area contributed by atoms with Gasteiger partial charge in [0.15, 0.2) is 0 Å². The van der Waals surface area contributed by atoms with Crippen LogP contribution in [0.15, 0.2) is 61.2 Å². The molecule has 1 aromatic carbocycles. The van der Waals surface area contributed by atoms with Crippen LogP contribution in [0, 0.1) is 0 Å². The van der Waals surface area contributed by atoms with E-state index in [1.54, 1.807) is 22.9 Å². The molecule has 2 aromatic heterocycles. The third-order valence-electron chi connectivity index (χ3n) is 5.19. The van der Waals surface area contributed by atoms with Gasteiger partial charge in [-0.25, -0.2) is 9.48 Å². The number of hydrogen-bond donors (Lipinski definition) is 1. The zero-order chi connectivity index (χ0) is 18.6. The zero-order valence-corrected chi connectivity index (χ0v) is 15.0. The molecule has 1 aliphatic rings. The molecule has 0 saturated carbocycles. The highest BCUT2D eigenvalue weighted by atomic mass is 16.4. The number of nitrogens with zero attached hydrogens (tertiary/aromatic N) is 4. The molecular formula is C21H22N4O2. The molecule has 138 valence electrons. The van der Waals surface area contributed by atoms with Crippen LogP contribution in [-0.4, -0.2) is 43.8 Å². The number of aromatic nitrogens is 3. The average Bonchev–Trinajstić information content (AvgIpc) is 3.17. The van der Waals surface area contributed by atoms with Gasteiger partial charge in [-0.1, -0.05) is 12.1 Å². The molecule has 6 nitrogen and oxygen atoms in total. The SMILES string of the molecule is O=C(O)c1ccccc1-n1cc(CN2CCC(c3ccncc3)CC2)cn1. The van der Waals surface area contributed by atoms with Gasteiger partial charge < -0.3 is 5.11 Å². The van der Waals surface area contributed by atoms with Crippen molar-refractivity contribution in [3.8, 4) is 5.69 Å². The lowest BCUT2D eigenvalue weighted by molar-refractivity contribution is 0.0696. The molecular weight excluding hydrogens is 340 g/mol. The minimum atomic E-state index is -0.944. The van der Waals surface area contributed by atoms with E-state index in [4.69, 9.17) is 0 Å². The monoisotopic (exact) mass is 362 g/mol. The van der Waals surface area contributed by atoms with Crippen LogP contribution >= 0.6 is 0 Å². The number of likely N-dealkylation sites (tertiary alicyclic amines) is 1. The molecule has 0 unspecified atom stereocenters. The predicted molar refractivity (Wildman–Crippen MR) is 102 cm³/mol. The highest BCUT2D eigenvalue weighted by Crippen LogP contribution is 2.28. The summed E-state index contributed by atoms with van der Waals surface area (Å²) >= 11 is 0. The fraction of sp³-hybridized carbons (Fsp3) is 0.286. The van der Waals surface area contributed by atoms with Gasteiger partial charge in [0.2, 0.25) is 0 Å². The van der Waals surface area contributed by atoms with Crippen molar-refractivity contribution >= 4 is 5.97 Å². The van der Waals surface area contributed by atoms with Gasteiger partial charge in [0.25, 0.3) is 0 Å². The Balaban J connectivity index is 1.40. The number of carbonyl (C=O) groups is 1. The predicted octanol–water partition coefficient (Wildman–Crippen LogP) is 3.35. The molecule has 3 heterocycles. The number of carboxylic acids is 1. The Morgan fingerprint density at radius 3 is 2.59 bits per heavy atom. The summed E-state index contributed by atoms with van der Waals surface area (Å²) in [5.41, 5.74) is 3.32. The van der Waals surface area contributed by atoms with E-state index in [0.29, 0.717) is 11.6 Å². The van der Waals surface area contributed by atoms with Gasteiger partial charge in [-0.3, -0.25) is 9.88 Å². The Hall–Kier alpha value is -2.99. The van der Waals surface area contributed by atoms with Gasteiger partial charge in [0.05, 0.1) is 17.4 Å². The van der Waals surface area contributed by atoms with E-state index in [1.807, 2.05) is 30.9 Å². The van der Waals surface area contributed by atoms with Gasteiger partial charge in [0, 0.05) is 30.7 Å². The first-order valence-corrected chi connectivity index (χ1v) is 9.19. The van der Waals surface area contributed by atoms with Gasteiger partial charge in [-0.2, -0.15) is 5.10 Å². The summed E-state index contributed by atoms with van der Waals surface area (Å²) in [5.74, 6) is -0.338. The number of para-hydroxylation sites is 1. The fourth-order valence-electron chi connectivity index (χ4n) is 3.75. The molecule has 0 aliphatic carbocycles. The molecule has 0 bridgehead atoms. The lowest BCUT2D eigenvalue weighted by atomic mass is 9.90. The molecule has 1 saturated heterocycles. The highest BCUT2D eigenvalue weighted by molar-refractivity contribution is 5.91. The molecule has 27 heavy (non-hydrogen) atoms. The fourth-order valence-corrected chi connectivity index (χ4v) is 3.75. The van der Waals surface area contributed by atoms with E-state index >= 15 is 0 Å². The van der Waals surface area contributed by atoms with Crippen LogP contribution in [0.25, 0.3) is 5.69 Å². The molecule has 1 aliphatic heterocycles. The van der Waals surface area contributed by atoms with Crippen molar-refractivity contribution in [2.45, 2.75) is 25.3 Å². The molecule has 3 aromatic rings. The van der Waals surface area contributed by atoms with Crippen molar-refractivity contribution in [2.24, 2.45) is 0 Å². The maximum absolute atomic E-state index is 11.4. The van der Waals surface area contributed by atoms with Crippen LogP contribution in [-0.2, 0) is 6.54 Å². The van der Waals surface area contributed by atoms with Crippen molar-refractivity contribution in [3.05, 3.63) is 77.9 Å². The number of rotatable bonds is 5. The highest BCUT2D eigenvalue weighted by Gasteiger charge is 2.21. The average molecular weight is 362 g/mol. The van der Waals surface area contributed by atoms with E-state index in [0.717, 1.165) is 38.0 Å². The van der Waals surface area contributed by atoms with E-state index in [2.05, 4.69) is 27.1 Å². The van der Waals surface area contributed by atoms with E-state index in [9.17, 15) is 9.90 Å². The molecule has 1 fully saturated rings. The molecule has 0 amide bonds. The van der Waals surface area contributed by atoms with Crippen molar-refractivity contribution in [3.63, 3.8) is 0 Å². The lowest BCUT2D eigenvalue weighted by Crippen LogP contribution is -2.32. The minimum absolute atomic E-state index is 0.255. The summed E-state index contributed by atoms with van der Waals surface area (Å²) in [4.78, 5) is 17.9. The van der Waals surface area contributed by atoms with Crippen molar-refractivity contribution in [1.82, 2.24) is 19.7 Å². The first-order valence-electron chi connectivity index (χ1n) is 9.19. The summed E-state index contributed by atoms with van der Waals surface area (Å²) in [6.45, 7) is 2.92. The molecule has 0 spiro atoms. The topological polar surface area (TPSA) is 71.2 Å². The number of benzene rings is 1. The maximum atomic E-state index is 11.4. The summed E-state index contributed by atoms with van der Waals surface area (Å²) in [5, 5.41) is 13.7. The molecule has 1 N–H and O–H groups in total. The number of pyridine rings is 1. The van der Waals surface area contributed by atoms with Crippen LogP contribution in [0.2, 0.25) is 0 Å². The second-order valence-corrected chi connectivity index (χ2v) is 6.95. The first-order chi connectivity index (χ1) is 13.2. The summed E-state index contributed by atoms with van der Waals surface area (Å²) in [6, 6.07) is 11.2.